The van der Waals surface area contributed by atoms with E-state index in [9.17, 15) is 0 Å². The summed E-state index contributed by atoms with van der Waals surface area (Å²) in [5.41, 5.74) is 1.20. The van der Waals surface area contributed by atoms with E-state index in [1.165, 1.54) is 24.8 Å². The number of hydrogen-bond donors (Lipinski definition) is 1. The number of nitrogens with one attached hydrogen (secondary N) is 1. The van der Waals surface area contributed by atoms with Gasteiger partial charge in [0, 0.05) is 11.6 Å². The van der Waals surface area contributed by atoms with Gasteiger partial charge in [-0.25, -0.2) is 0 Å². The van der Waals surface area contributed by atoms with E-state index in [2.05, 4.69) is 5.32 Å². The van der Waals surface area contributed by atoms with Gasteiger partial charge >= 0.3 is 0 Å². The minimum Gasteiger partial charge on any atom is -0.369 e. The number of hydrogen-bond acceptors (Lipinski definition) is 2. The summed E-state index contributed by atoms with van der Waals surface area (Å²) in [5, 5.41) is 3.95. The van der Waals surface area contributed by atoms with Gasteiger partial charge in [-0.05, 0) is 44.0 Å². The smallest absolute Gasteiger partial charge is 0.0952 e. The molecule has 1 N–H and O–H groups in total. The fraction of sp³-hybridized carbons (Fsp3) is 0.538. The summed E-state index contributed by atoms with van der Waals surface area (Å²) in [4.78, 5) is 0. The Bertz CT molecular complexity index is 321. The maximum absolute atomic E-state index is 6.05. The number of likely N-dealkylation sites (N-methyl/N-ethyl adjacent to an activating group) is 1. The molecule has 1 aromatic carbocycles. The van der Waals surface area contributed by atoms with E-state index in [-0.39, 0.29) is 6.10 Å². The van der Waals surface area contributed by atoms with Gasteiger partial charge in [0.05, 0.1) is 12.2 Å². The van der Waals surface area contributed by atoms with E-state index < -0.39 is 0 Å². The molecule has 0 bridgehead atoms. The van der Waals surface area contributed by atoms with Gasteiger partial charge in [-0.1, -0.05) is 23.7 Å². The molecule has 0 spiro atoms. The Hall–Kier alpha value is -0.570. The summed E-state index contributed by atoms with van der Waals surface area (Å²) >= 11 is 5.88. The van der Waals surface area contributed by atoms with Crippen LogP contribution in [0.2, 0.25) is 5.02 Å². The zero-order valence-electron chi connectivity index (χ0n) is 9.58. The lowest BCUT2D eigenvalue weighted by Crippen LogP contribution is -2.28. The molecule has 0 aromatic heterocycles. The minimum atomic E-state index is 0.146. The lowest BCUT2D eigenvalue weighted by molar-refractivity contribution is -0.0513. The Kier molecular flexibility index (Phi) is 4.22. The van der Waals surface area contributed by atoms with Crippen molar-refractivity contribution in [2.24, 2.45) is 0 Å². The molecule has 0 heterocycles. The van der Waals surface area contributed by atoms with Crippen molar-refractivity contribution in [3.05, 3.63) is 34.9 Å². The molecule has 2 nitrogen and oxygen atoms in total. The minimum absolute atomic E-state index is 0.146. The number of rotatable bonds is 5. The highest BCUT2D eigenvalue weighted by molar-refractivity contribution is 6.30. The lowest BCUT2D eigenvalue weighted by atomic mass is 9.95. The van der Waals surface area contributed by atoms with Crippen molar-refractivity contribution >= 4 is 11.6 Å². The van der Waals surface area contributed by atoms with E-state index >= 15 is 0 Å². The first kappa shape index (κ1) is 11.9. The van der Waals surface area contributed by atoms with E-state index in [0.717, 1.165) is 11.6 Å². The predicted octanol–water partition coefficient (Wildman–Crippen LogP) is 3.17. The first-order valence-electron chi connectivity index (χ1n) is 5.85. The topological polar surface area (TPSA) is 21.3 Å². The number of ether oxygens (including phenoxy) is 1. The second-order valence-electron chi connectivity index (χ2n) is 4.29. The zero-order valence-corrected chi connectivity index (χ0v) is 10.3. The fourth-order valence-electron chi connectivity index (χ4n) is 1.85. The largest absolute Gasteiger partial charge is 0.369 e. The maximum Gasteiger partial charge on any atom is 0.0952 e. The van der Waals surface area contributed by atoms with Crippen molar-refractivity contribution in [2.75, 3.05) is 13.6 Å². The SMILES string of the molecule is CNCC(OC1CCC1)c1ccc(Cl)cc1. The zero-order chi connectivity index (χ0) is 11.4. The van der Waals surface area contributed by atoms with Crippen molar-refractivity contribution in [3.63, 3.8) is 0 Å². The molecule has 3 heteroatoms. The summed E-state index contributed by atoms with van der Waals surface area (Å²) in [6.07, 6.45) is 4.31. The molecule has 1 atom stereocenters. The highest BCUT2D eigenvalue weighted by Gasteiger charge is 2.23. The average Bonchev–Trinajstić information content (AvgIpc) is 2.23. The molecule has 1 aliphatic rings. The molecule has 1 aromatic rings. The van der Waals surface area contributed by atoms with Gasteiger partial charge in [-0.15, -0.1) is 0 Å². The van der Waals surface area contributed by atoms with Crippen molar-refractivity contribution in [1.29, 1.82) is 0 Å². The van der Waals surface area contributed by atoms with Crippen LogP contribution in [0.1, 0.15) is 30.9 Å². The molecular formula is C13H18ClNO. The molecule has 88 valence electrons. The van der Waals surface area contributed by atoms with Crippen LogP contribution in [0.5, 0.6) is 0 Å². The van der Waals surface area contributed by atoms with Crippen LogP contribution in [-0.4, -0.2) is 19.7 Å². The number of benzene rings is 1. The van der Waals surface area contributed by atoms with Crippen molar-refractivity contribution in [1.82, 2.24) is 5.32 Å². The highest BCUT2D eigenvalue weighted by atomic mass is 35.5. The lowest BCUT2D eigenvalue weighted by Gasteiger charge is -2.30. The Morgan fingerprint density at radius 1 is 1.38 bits per heavy atom. The van der Waals surface area contributed by atoms with Crippen LogP contribution >= 0.6 is 11.6 Å². The van der Waals surface area contributed by atoms with E-state index in [1.807, 2.05) is 31.3 Å². The average molecular weight is 240 g/mol. The molecule has 1 aliphatic carbocycles. The Labute approximate surface area is 102 Å². The summed E-state index contributed by atoms with van der Waals surface area (Å²) < 4.78 is 6.05. The summed E-state index contributed by atoms with van der Waals surface area (Å²) in [5.74, 6) is 0. The Balaban J connectivity index is 2.01. The molecule has 16 heavy (non-hydrogen) atoms. The van der Waals surface area contributed by atoms with Crippen LogP contribution in [0.15, 0.2) is 24.3 Å². The number of halogens is 1. The maximum atomic E-state index is 6.05. The van der Waals surface area contributed by atoms with Gasteiger partial charge in [0.15, 0.2) is 0 Å². The molecule has 0 amide bonds. The summed E-state index contributed by atoms with van der Waals surface area (Å²) in [6.45, 7) is 0.845. The first-order valence-corrected chi connectivity index (χ1v) is 6.23. The van der Waals surface area contributed by atoms with E-state index in [1.54, 1.807) is 0 Å². The third kappa shape index (κ3) is 2.97. The van der Waals surface area contributed by atoms with E-state index in [0.29, 0.717) is 6.10 Å². The molecule has 2 rings (SSSR count). The highest BCUT2D eigenvalue weighted by Crippen LogP contribution is 2.29. The van der Waals surface area contributed by atoms with Gasteiger partial charge in [0.1, 0.15) is 0 Å². The third-order valence-electron chi connectivity index (χ3n) is 3.04. The molecule has 1 fully saturated rings. The van der Waals surface area contributed by atoms with Crippen molar-refractivity contribution in [2.45, 2.75) is 31.5 Å². The second kappa shape index (κ2) is 5.67. The van der Waals surface area contributed by atoms with Crippen molar-refractivity contribution < 1.29 is 4.74 Å². The van der Waals surface area contributed by atoms with Gasteiger partial charge in [-0.2, -0.15) is 0 Å². The van der Waals surface area contributed by atoms with Gasteiger partial charge in [0.2, 0.25) is 0 Å². The standard InChI is InChI=1S/C13H18ClNO/c1-15-9-13(16-12-3-2-4-12)10-5-7-11(14)8-6-10/h5-8,12-13,15H,2-4,9H2,1H3. The second-order valence-corrected chi connectivity index (χ2v) is 4.72. The van der Waals surface area contributed by atoms with Gasteiger partial charge < -0.3 is 10.1 Å². The summed E-state index contributed by atoms with van der Waals surface area (Å²) in [7, 11) is 1.95. The van der Waals surface area contributed by atoms with Crippen LogP contribution in [0, 0.1) is 0 Å². The van der Waals surface area contributed by atoms with Gasteiger partial charge in [0.25, 0.3) is 0 Å². The normalized spacial score (nSPS) is 18.1. The Morgan fingerprint density at radius 2 is 2.06 bits per heavy atom. The fourth-order valence-corrected chi connectivity index (χ4v) is 1.97. The van der Waals surface area contributed by atoms with Gasteiger partial charge in [-0.3, -0.25) is 0 Å². The molecule has 1 unspecified atom stereocenters. The quantitative estimate of drug-likeness (QED) is 0.852. The summed E-state index contributed by atoms with van der Waals surface area (Å²) in [6, 6.07) is 7.93. The molecule has 1 saturated carbocycles. The van der Waals surface area contributed by atoms with Crippen LogP contribution < -0.4 is 5.32 Å². The van der Waals surface area contributed by atoms with Crippen molar-refractivity contribution in [3.8, 4) is 0 Å². The molecule has 0 radical (unpaired) electrons. The first-order chi connectivity index (χ1) is 7.79. The van der Waals surface area contributed by atoms with Crippen LogP contribution in [0.25, 0.3) is 0 Å². The molecular weight excluding hydrogens is 222 g/mol. The van der Waals surface area contributed by atoms with Crippen LogP contribution in [0.4, 0.5) is 0 Å². The monoisotopic (exact) mass is 239 g/mol. The Morgan fingerprint density at radius 3 is 2.56 bits per heavy atom. The molecule has 0 aliphatic heterocycles. The predicted molar refractivity (Wildman–Crippen MR) is 66.8 cm³/mol. The third-order valence-corrected chi connectivity index (χ3v) is 3.29. The molecule has 0 saturated heterocycles. The van der Waals surface area contributed by atoms with Crippen LogP contribution in [0.3, 0.4) is 0 Å². The van der Waals surface area contributed by atoms with Crippen LogP contribution in [-0.2, 0) is 4.74 Å². The van der Waals surface area contributed by atoms with E-state index in [4.69, 9.17) is 16.3 Å².